The lowest BCUT2D eigenvalue weighted by Gasteiger charge is -2.27. The van der Waals surface area contributed by atoms with E-state index in [1.165, 1.54) is 0 Å². The molecule has 7 nitrogen and oxygen atoms in total. The van der Waals surface area contributed by atoms with Gasteiger partial charge in [0.15, 0.2) is 11.5 Å². The molecule has 0 fully saturated rings. The lowest BCUT2D eigenvalue weighted by molar-refractivity contribution is 0.0734. The maximum absolute atomic E-state index is 12.4. The smallest absolute Gasteiger partial charge is 0.343 e. The van der Waals surface area contributed by atoms with Gasteiger partial charge in [-0.05, 0) is 49.7 Å². The van der Waals surface area contributed by atoms with E-state index in [0.717, 1.165) is 11.1 Å². The predicted octanol–water partition coefficient (Wildman–Crippen LogP) is 4.92. The highest BCUT2D eigenvalue weighted by Crippen LogP contribution is 2.45. The van der Waals surface area contributed by atoms with E-state index >= 15 is 0 Å². The van der Waals surface area contributed by atoms with E-state index in [1.807, 2.05) is 38.1 Å². The number of ether oxygens (including phenoxy) is 4. The molecule has 3 aromatic carbocycles. The average molecular weight is 456 g/mol. The van der Waals surface area contributed by atoms with Crippen LogP contribution in [0.5, 0.6) is 23.0 Å². The molecule has 172 valence electrons. The molecule has 7 heteroatoms. The van der Waals surface area contributed by atoms with Crippen molar-refractivity contribution in [3.63, 3.8) is 0 Å². The summed E-state index contributed by atoms with van der Waals surface area (Å²) in [5.74, 6) is 0.953. The molecule has 0 aliphatic carbocycles. The number of hydrogen-bond donors (Lipinski definition) is 1. The second kappa shape index (κ2) is 10.0. The van der Waals surface area contributed by atoms with Crippen LogP contribution in [0.15, 0.2) is 78.2 Å². The number of nitrogens with two attached hydrogens (primary N) is 1. The molecule has 1 unspecified atom stereocenters. The molecule has 1 aliphatic heterocycles. The molecule has 0 spiro atoms. The standard InChI is InChI=1S/C27H24N2O5/c1-3-31-22-13-10-18(14-24(22)32-4-2)25-20-12-11-19(15-23(20)34-26(29)21(25)16-28)33-27(30)17-8-6-5-7-9-17/h5-15,25H,3-4,29H2,1-2H3. The second-order valence-corrected chi connectivity index (χ2v) is 7.45. The first-order chi connectivity index (χ1) is 16.5. The Kier molecular flexibility index (Phi) is 6.69. The molecular weight excluding hydrogens is 432 g/mol. The summed E-state index contributed by atoms with van der Waals surface area (Å²) in [4.78, 5) is 12.4. The Hall–Kier alpha value is -4.44. The van der Waals surface area contributed by atoms with Gasteiger partial charge in [0.1, 0.15) is 23.1 Å². The third-order valence-electron chi connectivity index (χ3n) is 5.31. The van der Waals surface area contributed by atoms with Gasteiger partial charge in [-0.15, -0.1) is 0 Å². The topological polar surface area (TPSA) is 104 Å². The molecule has 0 aromatic heterocycles. The number of fused-ring (bicyclic) bond motifs is 1. The minimum atomic E-state index is -0.484. The lowest BCUT2D eigenvalue weighted by Crippen LogP contribution is -2.21. The molecule has 0 saturated carbocycles. The first kappa shape index (κ1) is 22.7. The largest absolute Gasteiger partial charge is 0.490 e. The Bertz CT molecular complexity index is 1280. The van der Waals surface area contributed by atoms with Crippen molar-refractivity contribution in [2.75, 3.05) is 13.2 Å². The van der Waals surface area contributed by atoms with E-state index in [0.29, 0.717) is 41.8 Å². The zero-order valence-electron chi connectivity index (χ0n) is 18.9. The van der Waals surface area contributed by atoms with Crippen molar-refractivity contribution < 1.29 is 23.7 Å². The SMILES string of the molecule is CCOc1ccc(C2C(C#N)=C(N)Oc3cc(OC(=O)c4ccccc4)ccc32)cc1OCC. The van der Waals surface area contributed by atoms with Gasteiger partial charge in [0.2, 0.25) is 5.88 Å². The third-order valence-corrected chi connectivity index (χ3v) is 5.31. The zero-order valence-corrected chi connectivity index (χ0v) is 18.9. The maximum Gasteiger partial charge on any atom is 0.343 e. The Morgan fingerprint density at radius 3 is 2.44 bits per heavy atom. The molecule has 2 N–H and O–H groups in total. The van der Waals surface area contributed by atoms with Gasteiger partial charge in [-0.25, -0.2) is 4.79 Å². The number of nitriles is 1. The highest BCUT2D eigenvalue weighted by atomic mass is 16.5. The van der Waals surface area contributed by atoms with Crippen LogP contribution in [0.25, 0.3) is 0 Å². The number of carbonyl (C=O) groups is 1. The van der Waals surface area contributed by atoms with Crippen molar-refractivity contribution >= 4 is 5.97 Å². The maximum atomic E-state index is 12.4. The Morgan fingerprint density at radius 2 is 1.74 bits per heavy atom. The van der Waals surface area contributed by atoms with Crippen LogP contribution in [0.2, 0.25) is 0 Å². The van der Waals surface area contributed by atoms with Gasteiger partial charge in [0.25, 0.3) is 0 Å². The van der Waals surface area contributed by atoms with Crippen LogP contribution in [0, 0.1) is 11.3 Å². The van der Waals surface area contributed by atoms with Gasteiger partial charge in [-0.2, -0.15) is 5.26 Å². The first-order valence-electron chi connectivity index (χ1n) is 10.9. The molecule has 0 saturated heterocycles. The van der Waals surface area contributed by atoms with E-state index in [9.17, 15) is 10.1 Å². The van der Waals surface area contributed by atoms with Gasteiger partial charge >= 0.3 is 5.97 Å². The monoisotopic (exact) mass is 456 g/mol. The Labute approximate surface area is 197 Å². The van der Waals surface area contributed by atoms with E-state index in [1.54, 1.807) is 42.5 Å². The Balaban J connectivity index is 1.72. The fraction of sp³-hybridized carbons (Fsp3) is 0.185. The Morgan fingerprint density at radius 1 is 1.00 bits per heavy atom. The number of nitrogens with zero attached hydrogens (tertiary/aromatic N) is 1. The fourth-order valence-electron chi connectivity index (χ4n) is 3.83. The summed E-state index contributed by atoms with van der Waals surface area (Å²) in [6.45, 7) is 4.76. The summed E-state index contributed by atoms with van der Waals surface area (Å²) in [5.41, 5.74) is 8.35. The number of hydrogen-bond acceptors (Lipinski definition) is 7. The summed E-state index contributed by atoms with van der Waals surface area (Å²) < 4.78 is 22.7. The first-order valence-corrected chi connectivity index (χ1v) is 10.9. The molecular formula is C27H24N2O5. The highest BCUT2D eigenvalue weighted by Gasteiger charge is 2.31. The summed E-state index contributed by atoms with van der Waals surface area (Å²) >= 11 is 0. The minimum absolute atomic E-state index is 0.00150. The van der Waals surface area contributed by atoms with Crippen LogP contribution in [0.4, 0.5) is 0 Å². The number of esters is 1. The molecule has 34 heavy (non-hydrogen) atoms. The normalized spacial score (nSPS) is 14.4. The number of benzene rings is 3. The summed E-state index contributed by atoms with van der Waals surface area (Å²) in [5, 5.41) is 9.84. The molecule has 1 heterocycles. The van der Waals surface area contributed by atoms with Crippen LogP contribution in [-0.4, -0.2) is 19.2 Å². The predicted molar refractivity (Wildman–Crippen MR) is 126 cm³/mol. The average Bonchev–Trinajstić information content (AvgIpc) is 2.85. The summed E-state index contributed by atoms with van der Waals surface area (Å²) in [6.07, 6.45) is 0. The summed E-state index contributed by atoms with van der Waals surface area (Å²) in [7, 11) is 0. The van der Waals surface area contributed by atoms with E-state index in [-0.39, 0.29) is 11.5 Å². The van der Waals surface area contributed by atoms with E-state index < -0.39 is 11.9 Å². The van der Waals surface area contributed by atoms with Crippen LogP contribution >= 0.6 is 0 Å². The molecule has 1 atom stereocenters. The van der Waals surface area contributed by atoms with E-state index in [2.05, 4.69) is 6.07 Å². The van der Waals surface area contributed by atoms with Crippen molar-refractivity contribution in [2.45, 2.75) is 19.8 Å². The van der Waals surface area contributed by atoms with Crippen molar-refractivity contribution in [1.29, 1.82) is 5.26 Å². The zero-order chi connectivity index (χ0) is 24.1. The van der Waals surface area contributed by atoms with Gasteiger partial charge in [0, 0.05) is 11.6 Å². The number of rotatable bonds is 7. The minimum Gasteiger partial charge on any atom is -0.490 e. The van der Waals surface area contributed by atoms with Gasteiger partial charge in [-0.3, -0.25) is 0 Å². The van der Waals surface area contributed by atoms with Crippen LogP contribution in [0.1, 0.15) is 41.3 Å². The van der Waals surface area contributed by atoms with Gasteiger partial charge in [-0.1, -0.05) is 30.3 Å². The third kappa shape index (κ3) is 4.52. The lowest BCUT2D eigenvalue weighted by atomic mass is 9.83. The molecule has 0 amide bonds. The van der Waals surface area contributed by atoms with Crippen molar-refractivity contribution in [3.05, 3.63) is 94.9 Å². The van der Waals surface area contributed by atoms with Gasteiger partial charge in [0.05, 0.1) is 24.7 Å². The quantitative estimate of drug-likeness (QED) is 0.397. The molecule has 0 radical (unpaired) electrons. The van der Waals surface area contributed by atoms with Crippen molar-refractivity contribution in [3.8, 4) is 29.1 Å². The van der Waals surface area contributed by atoms with E-state index in [4.69, 9.17) is 24.7 Å². The van der Waals surface area contributed by atoms with Crippen LogP contribution < -0.4 is 24.7 Å². The highest BCUT2D eigenvalue weighted by molar-refractivity contribution is 5.91. The number of allylic oxidation sites excluding steroid dienone is 1. The fourth-order valence-corrected chi connectivity index (χ4v) is 3.83. The molecule has 3 aromatic rings. The van der Waals surface area contributed by atoms with Crippen molar-refractivity contribution in [2.24, 2.45) is 5.73 Å². The molecule has 4 rings (SSSR count). The number of carbonyl (C=O) groups excluding carboxylic acids is 1. The second-order valence-electron chi connectivity index (χ2n) is 7.45. The summed E-state index contributed by atoms with van der Waals surface area (Å²) in [6, 6.07) is 21.5. The molecule has 1 aliphatic rings. The van der Waals surface area contributed by atoms with Crippen LogP contribution in [0.3, 0.4) is 0 Å². The molecule has 0 bridgehead atoms. The van der Waals surface area contributed by atoms with Gasteiger partial charge < -0.3 is 24.7 Å². The van der Waals surface area contributed by atoms with Crippen LogP contribution in [-0.2, 0) is 0 Å². The van der Waals surface area contributed by atoms with Crippen molar-refractivity contribution in [1.82, 2.24) is 0 Å².